The van der Waals surface area contributed by atoms with Crippen molar-refractivity contribution in [2.45, 2.75) is 37.0 Å². The second-order valence-electron chi connectivity index (χ2n) is 5.31. The van der Waals surface area contributed by atoms with Crippen LogP contribution in [0.25, 0.3) is 0 Å². The van der Waals surface area contributed by atoms with Crippen LogP contribution in [0, 0.1) is 0 Å². The molecule has 0 bridgehead atoms. The van der Waals surface area contributed by atoms with Gasteiger partial charge in [0.1, 0.15) is 12.1 Å². The molecule has 1 aliphatic rings. The van der Waals surface area contributed by atoms with Crippen LogP contribution in [0.1, 0.15) is 30.5 Å². The number of aryl methyl sites for hydroxylation is 1. The number of fused-ring (bicyclic) bond motifs is 1. The Balaban J connectivity index is 1.44. The summed E-state index contributed by atoms with van der Waals surface area (Å²) in [5.74, 6) is 1.70. The van der Waals surface area contributed by atoms with Crippen molar-refractivity contribution in [1.29, 1.82) is 0 Å². The van der Waals surface area contributed by atoms with Gasteiger partial charge in [0, 0.05) is 22.6 Å². The lowest BCUT2D eigenvalue weighted by Gasteiger charge is -2.08. The zero-order chi connectivity index (χ0) is 15.2. The maximum absolute atomic E-state index is 12.0. The molecular formula is C17H19N3OS. The first-order chi connectivity index (χ1) is 10.8. The quantitative estimate of drug-likeness (QED) is 0.655. The molecule has 2 aromatic rings. The third-order valence-corrected chi connectivity index (χ3v) is 4.79. The third kappa shape index (κ3) is 3.85. The minimum atomic E-state index is 0.0430. The monoisotopic (exact) mass is 313 g/mol. The zero-order valence-corrected chi connectivity index (χ0v) is 13.2. The van der Waals surface area contributed by atoms with E-state index in [2.05, 4.69) is 27.4 Å². The normalized spacial score (nSPS) is 12.9. The van der Waals surface area contributed by atoms with E-state index in [1.807, 2.05) is 18.2 Å². The SMILES string of the molecule is O=C(CCCSc1ccccc1)Nc1ncnc2c1CCC2. The molecule has 1 amide bonds. The number of carbonyl (C=O) groups excluding carboxylic acids is 1. The van der Waals surface area contributed by atoms with Crippen molar-refractivity contribution in [3.05, 3.63) is 47.9 Å². The molecule has 1 aromatic carbocycles. The van der Waals surface area contributed by atoms with Crippen molar-refractivity contribution in [2.24, 2.45) is 0 Å². The molecule has 0 fully saturated rings. The molecule has 1 aromatic heterocycles. The molecule has 114 valence electrons. The van der Waals surface area contributed by atoms with Gasteiger partial charge < -0.3 is 5.32 Å². The fourth-order valence-corrected chi connectivity index (χ4v) is 3.48. The Bertz CT molecular complexity index is 646. The Morgan fingerprint density at radius 3 is 2.91 bits per heavy atom. The van der Waals surface area contributed by atoms with Crippen LogP contribution in [0.15, 0.2) is 41.6 Å². The second-order valence-corrected chi connectivity index (χ2v) is 6.48. The molecule has 0 unspecified atom stereocenters. The molecule has 0 spiro atoms. The van der Waals surface area contributed by atoms with Gasteiger partial charge in [-0.2, -0.15) is 0 Å². The Morgan fingerprint density at radius 1 is 1.18 bits per heavy atom. The number of anilines is 1. The van der Waals surface area contributed by atoms with Crippen LogP contribution in [0.4, 0.5) is 5.82 Å². The fraction of sp³-hybridized carbons (Fsp3) is 0.353. The fourth-order valence-electron chi connectivity index (χ4n) is 2.60. The molecule has 0 atom stereocenters. The van der Waals surface area contributed by atoms with Gasteiger partial charge in [-0.1, -0.05) is 18.2 Å². The van der Waals surface area contributed by atoms with E-state index in [0.29, 0.717) is 12.2 Å². The topological polar surface area (TPSA) is 54.9 Å². The summed E-state index contributed by atoms with van der Waals surface area (Å²) in [6.07, 6.45) is 6.00. The summed E-state index contributed by atoms with van der Waals surface area (Å²) < 4.78 is 0. The zero-order valence-electron chi connectivity index (χ0n) is 12.4. The standard InChI is InChI=1S/C17H19N3OS/c21-16(10-5-11-22-13-6-2-1-3-7-13)20-17-14-8-4-9-15(14)18-12-19-17/h1-3,6-7,12H,4-5,8-11H2,(H,18,19,20,21). The molecule has 3 rings (SSSR count). The molecule has 1 aliphatic carbocycles. The lowest BCUT2D eigenvalue weighted by Crippen LogP contribution is -2.14. The molecule has 0 saturated heterocycles. The summed E-state index contributed by atoms with van der Waals surface area (Å²) in [5.41, 5.74) is 2.21. The third-order valence-electron chi connectivity index (χ3n) is 3.69. The summed E-state index contributed by atoms with van der Waals surface area (Å²) in [4.78, 5) is 21.8. The van der Waals surface area contributed by atoms with Crippen LogP contribution in [0.2, 0.25) is 0 Å². The first kappa shape index (κ1) is 15.0. The molecule has 1 N–H and O–H groups in total. The summed E-state index contributed by atoms with van der Waals surface area (Å²) in [5, 5.41) is 2.94. The van der Waals surface area contributed by atoms with Gasteiger partial charge in [-0.25, -0.2) is 9.97 Å². The van der Waals surface area contributed by atoms with E-state index in [4.69, 9.17) is 0 Å². The van der Waals surface area contributed by atoms with Crippen LogP contribution in [0.3, 0.4) is 0 Å². The number of hydrogen-bond donors (Lipinski definition) is 1. The maximum atomic E-state index is 12.0. The Morgan fingerprint density at radius 2 is 2.05 bits per heavy atom. The van der Waals surface area contributed by atoms with Gasteiger partial charge in [0.2, 0.25) is 5.91 Å². The van der Waals surface area contributed by atoms with Crippen LogP contribution in [-0.4, -0.2) is 21.6 Å². The van der Waals surface area contributed by atoms with Crippen molar-refractivity contribution < 1.29 is 4.79 Å². The predicted molar refractivity (Wildman–Crippen MR) is 89.1 cm³/mol. The highest BCUT2D eigenvalue weighted by Crippen LogP contribution is 2.25. The number of amides is 1. The van der Waals surface area contributed by atoms with Crippen molar-refractivity contribution in [1.82, 2.24) is 9.97 Å². The number of nitrogens with one attached hydrogen (secondary N) is 1. The number of nitrogens with zero attached hydrogens (tertiary/aromatic N) is 2. The molecule has 0 aliphatic heterocycles. The van der Waals surface area contributed by atoms with Crippen LogP contribution < -0.4 is 5.32 Å². The number of aromatic nitrogens is 2. The van der Waals surface area contributed by atoms with Gasteiger partial charge in [0.25, 0.3) is 0 Å². The van der Waals surface area contributed by atoms with Gasteiger partial charge >= 0.3 is 0 Å². The highest BCUT2D eigenvalue weighted by molar-refractivity contribution is 7.99. The van der Waals surface area contributed by atoms with Crippen LogP contribution in [-0.2, 0) is 17.6 Å². The van der Waals surface area contributed by atoms with E-state index in [0.717, 1.165) is 42.7 Å². The van der Waals surface area contributed by atoms with Gasteiger partial charge in [-0.15, -0.1) is 11.8 Å². The number of hydrogen-bond acceptors (Lipinski definition) is 4. The van der Waals surface area contributed by atoms with Crippen molar-refractivity contribution in [2.75, 3.05) is 11.1 Å². The van der Waals surface area contributed by atoms with Crippen LogP contribution in [0.5, 0.6) is 0 Å². The van der Waals surface area contributed by atoms with E-state index in [9.17, 15) is 4.79 Å². The lowest BCUT2D eigenvalue weighted by atomic mass is 10.2. The van der Waals surface area contributed by atoms with Crippen molar-refractivity contribution in [3.8, 4) is 0 Å². The Kier molecular flexibility index (Phi) is 5.06. The van der Waals surface area contributed by atoms with Crippen molar-refractivity contribution >= 4 is 23.5 Å². The van der Waals surface area contributed by atoms with Gasteiger partial charge in [-0.3, -0.25) is 4.79 Å². The van der Waals surface area contributed by atoms with Crippen LogP contribution >= 0.6 is 11.8 Å². The molecule has 22 heavy (non-hydrogen) atoms. The molecule has 4 nitrogen and oxygen atoms in total. The first-order valence-electron chi connectivity index (χ1n) is 7.63. The minimum absolute atomic E-state index is 0.0430. The minimum Gasteiger partial charge on any atom is -0.310 e. The molecular weight excluding hydrogens is 294 g/mol. The lowest BCUT2D eigenvalue weighted by molar-refractivity contribution is -0.116. The highest BCUT2D eigenvalue weighted by Gasteiger charge is 2.18. The Hall–Kier alpha value is -1.88. The van der Waals surface area contributed by atoms with E-state index < -0.39 is 0 Å². The molecule has 0 saturated carbocycles. The largest absolute Gasteiger partial charge is 0.310 e. The maximum Gasteiger partial charge on any atom is 0.225 e. The first-order valence-corrected chi connectivity index (χ1v) is 8.62. The summed E-state index contributed by atoms with van der Waals surface area (Å²) in [6, 6.07) is 10.3. The van der Waals surface area contributed by atoms with Gasteiger partial charge in [-0.05, 0) is 43.6 Å². The predicted octanol–water partition coefficient (Wildman–Crippen LogP) is 3.48. The number of carbonyl (C=O) groups is 1. The van der Waals surface area contributed by atoms with Gasteiger partial charge in [0.15, 0.2) is 0 Å². The van der Waals surface area contributed by atoms with E-state index in [1.54, 1.807) is 18.1 Å². The van der Waals surface area contributed by atoms with E-state index in [1.165, 1.54) is 4.90 Å². The summed E-state index contributed by atoms with van der Waals surface area (Å²) in [6.45, 7) is 0. The van der Waals surface area contributed by atoms with E-state index in [-0.39, 0.29) is 5.91 Å². The van der Waals surface area contributed by atoms with Gasteiger partial charge in [0.05, 0.1) is 0 Å². The van der Waals surface area contributed by atoms with E-state index >= 15 is 0 Å². The average molecular weight is 313 g/mol. The molecule has 1 heterocycles. The molecule has 5 heteroatoms. The number of thioether (sulfide) groups is 1. The summed E-state index contributed by atoms with van der Waals surface area (Å²) >= 11 is 1.78. The van der Waals surface area contributed by atoms with Crippen molar-refractivity contribution in [3.63, 3.8) is 0 Å². The Labute approximate surface area is 134 Å². The second kappa shape index (κ2) is 7.40. The summed E-state index contributed by atoms with van der Waals surface area (Å²) in [7, 11) is 0. The number of rotatable bonds is 6. The number of benzene rings is 1. The smallest absolute Gasteiger partial charge is 0.225 e. The average Bonchev–Trinajstić information content (AvgIpc) is 3.02. The highest BCUT2D eigenvalue weighted by atomic mass is 32.2. The molecule has 0 radical (unpaired) electrons.